The van der Waals surface area contributed by atoms with Crippen LogP contribution in [0.2, 0.25) is 0 Å². The maximum atomic E-state index is 13.8. The number of nitrogens with zero attached hydrogens (tertiary/aromatic N) is 1. The smallest absolute Gasteiger partial charge is 0.416 e. The summed E-state index contributed by atoms with van der Waals surface area (Å²) in [7, 11) is 0. The van der Waals surface area contributed by atoms with Gasteiger partial charge in [0.05, 0.1) is 11.3 Å². The molecule has 0 amide bonds. The molecule has 2 N–H and O–H groups in total. The zero-order valence-corrected chi connectivity index (χ0v) is 12.2. The van der Waals surface area contributed by atoms with E-state index in [-0.39, 0.29) is 29.6 Å². The van der Waals surface area contributed by atoms with E-state index in [1.165, 1.54) is 13.0 Å². The predicted octanol–water partition coefficient (Wildman–Crippen LogP) is 3.48. The Labute approximate surface area is 130 Å². The van der Waals surface area contributed by atoms with E-state index in [1.807, 2.05) is 0 Å². The third-order valence-corrected chi connectivity index (χ3v) is 3.68. The Morgan fingerprint density at radius 1 is 1.26 bits per heavy atom. The number of alkyl halides is 3. The molecule has 0 spiro atoms. The first kappa shape index (κ1) is 15.7. The SMILES string of the molecule is Cc1cc(C(F)(F)F)cc(-c2cc(F)cc3c2OC(CN)C3)n1. The van der Waals surface area contributed by atoms with Gasteiger partial charge in [-0.05, 0) is 31.2 Å². The fraction of sp³-hybridized carbons (Fsp3) is 0.312. The number of ether oxygens (including phenoxy) is 1. The molecule has 0 fully saturated rings. The van der Waals surface area contributed by atoms with Gasteiger partial charge in [-0.1, -0.05) is 0 Å². The number of rotatable bonds is 2. The molecule has 1 atom stereocenters. The third kappa shape index (κ3) is 3.01. The molecule has 2 heterocycles. The first-order chi connectivity index (χ1) is 10.8. The van der Waals surface area contributed by atoms with E-state index in [0.29, 0.717) is 17.7 Å². The van der Waals surface area contributed by atoms with Crippen molar-refractivity contribution >= 4 is 0 Å². The van der Waals surface area contributed by atoms with Crippen molar-refractivity contribution in [3.05, 3.63) is 46.9 Å². The molecule has 0 aliphatic carbocycles. The minimum atomic E-state index is -4.50. The summed E-state index contributed by atoms with van der Waals surface area (Å²) in [6.45, 7) is 1.70. The largest absolute Gasteiger partial charge is 0.488 e. The number of fused-ring (bicyclic) bond motifs is 1. The van der Waals surface area contributed by atoms with E-state index in [4.69, 9.17) is 10.5 Å². The molecule has 1 aliphatic heterocycles. The van der Waals surface area contributed by atoms with Gasteiger partial charge in [0.2, 0.25) is 0 Å². The quantitative estimate of drug-likeness (QED) is 0.860. The third-order valence-electron chi connectivity index (χ3n) is 3.68. The number of aromatic nitrogens is 1. The molecule has 0 radical (unpaired) electrons. The standard InChI is InChI=1S/C16H14F4N2O/c1-8-2-10(16(18,19)20)5-14(22-8)13-6-11(17)3-9-4-12(7-21)23-15(9)13/h2-3,5-6,12H,4,7,21H2,1H3. The van der Waals surface area contributed by atoms with Crippen LogP contribution in [0.5, 0.6) is 5.75 Å². The minimum absolute atomic E-state index is 0.0331. The van der Waals surface area contributed by atoms with E-state index in [0.717, 1.165) is 18.2 Å². The van der Waals surface area contributed by atoms with Crippen molar-refractivity contribution in [3.63, 3.8) is 0 Å². The van der Waals surface area contributed by atoms with Gasteiger partial charge < -0.3 is 10.5 Å². The zero-order chi connectivity index (χ0) is 16.8. The van der Waals surface area contributed by atoms with Gasteiger partial charge in [0.1, 0.15) is 17.7 Å². The van der Waals surface area contributed by atoms with Crippen molar-refractivity contribution in [2.24, 2.45) is 5.73 Å². The molecule has 0 bridgehead atoms. The van der Waals surface area contributed by atoms with Crippen molar-refractivity contribution in [2.45, 2.75) is 25.6 Å². The highest BCUT2D eigenvalue weighted by molar-refractivity contribution is 5.71. The van der Waals surface area contributed by atoms with Gasteiger partial charge in [-0.3, -0.25) is 4.98 Å². The van der Waals surface area contributed by atoms with E-state index in [2.05, 4.69) is 4.98 Å². The second-order valence-electron chi connectivity index (χ2n) is 5.50. The summed E-state index contributed by atoms with van der Waals surface area (Å²) >= 11 is 0. The number of benzene rings is 1. The summed E-state index contributed by atoms with van der Waals surface area (Å²) in [6.07, 6.45) is -4.38. The fourth-order valence-corrected chi connectivity index (χ4v) is 2.69. The molecule has 122 valence electrons. The maximum absolute atomic E-state index is 13.8. The second-order valence-corrected chi connectivity index (χ2v) is 5.50. The van der Waals surface area contributed by atoms with Crippen LogP contribution in [-0.2, 0) is 12.6 Å². The summed E-state index contributed by atoms with van der Waals surface area (Å²) in [5, 5.41) is 0. The van der Waals surface area contributed by atoms with E-state index in [9.17, 15) is 17.6 Å². The second kappa shape index (κ2) is 5.49. The van der Waals surface area contributed by atoms with Crippen LogP contribution in [0.1, 0.15) is 16.8 Å². The van der Waals surface area contributed by atoms with Crippen LogP contribution in [0, 0.1) is 12.7 Å². The molecular weight excluding hydrogens is 312 g/mol. The highest BCUT2D eigenvalue weighted by Crippen LogP contribution is 2.40. The van der Waals surface area contributed by atoms with Gasteiger partial charge >= 0.3 is 6.18 Å². The summed E-state index contributed by atoms with van der Waals surface area (Å²) in [6, 6.07) is 4.31. The van der Waals surface area contributed by atoms with E-state index in [1.54, 1.807) is 0 Å². The Morgan fingerprint density at radius 2 is 2.00 bits per heavy atom. The first-order valence-corrected chi connectivity index (χ1v) is 7.03. The van der Waals surface area contributed by atoms with Gasteiger partial charge in [-0.25, -0.2) is 4.39 Å². The topological polar surface area (TPSA) is 48.1 Å². The van der Waals surface area contributed by atoms with E-state index < -0.39 is 17.6 Å². The molecule has 0 saturated carbocycles. The first-order valence-electron chi connectivity index (χ1n) is 7.03. The van der Waals surface area contributed by atoms with Crippen molar-refractivity contribution in [2.75, 3.05) is 6.54 Å². The minimum Gasteiger partial charge on any atom is -0.488 e. The molecule has 7 heteroatoms. The lowest BCUT2D eigenvalue weighted by atomic mass is 10.0. The summed E-state index contributed by atoms with van der Waals surface area (Å²) < 4.78 is 58.4. The summed E-state index contributed by atoms with van der Waals surface area (Å²) in [5.41, 5.74) is 5.77. The Hall–Kier alpha value is -2.15. The lowest BCUT2D eigenvalue weighted by Crippen LogP contribution is -2.24. The number of aryl methyl sites for hydroxylation is 1. The number of hydrogen-bond acceptors (Lipinski definition) is 3. The monoisotopic (exact) mass is 326 g/mol. The van der Waals surface area contributed by atoms with Gasteiger partial charge in [-0.15, -0.1) is 0 Å². The number of halogens is 4. The van der Waals surface area contributed by atoms with Crippen LogP contribution < -0.4 is 10.5 Å². The summed E-state index contributed by atoms with van der Waals surface area (Å²) in [5.74, 6) is -0.190. The highest BCUT2D eigenvalue weighted by atomic mass is 19.4. The average molecular weight is 326 g/mol. The normalized spacial score (nSPS) is 17.0. The van der Waals surface area contributed by atoms with Crippen LogP contribution >= 0.6 is 0 Å². The van der Waals surface area contributed by atoms with Crippen LogP contribution in [0.15, 0.2) is 24.3 Å². The molecule has 3 rings (SSSR count). The van der Waals surface area contributed by atoms with E-state index >= 15 is 0 Å². The molecular formula is C16H14F4N2O. The molecule has 3 nitrogen and oxygen atoms in total. The molecule has 1 aliphatic rings. The average Bonchev–Trinajstić information content (AvgIpc) is 2.87. The summed E-state index contributed by atoms with van der Waals surface area (Å²) in [4.78, 5) is 4.11. The number of nitrogens with two attached hydrogens (primary N) is 1. The predicted molar refractivity (Wildman–Crippen MR) is 76.5 cm³/mol. The molecule has 2 aromatic rings. The molecule has 0 saturated heterocycles. The van der Waals surface area contributed by atoms with Crippen LogP contribution in [0.25, 0.3) is 11.3 Å². The van der Waals surface area contributed by atoms with Gasteiger partial charge in [0.25, 0.3) is 0 Å². The van der Waals surface area contributed by atoms with Gasteiger partial charge in [-0.2, -0.15) is 13.2 Å². The van der Waals surface area contributed by atoms with Crippen LogP contribution in [0.3, 0.4) is 0 Å². The zero-order valence-electron chi connectivity index (χ0n) is 12.2. The Bertz CT molecular complexity index is 758. The Kier molecular flexibility index (Phi) is 3.75. The van der Waals surface area contributed by atoms with Gasteiger partial charge in [0, 0.05) is 29.8 Å². The number of pyridine rings is 1. The Morgan fingerprint density at radius 3 is 2.65 bits per heavy atom. The molecule has 1 unspecified atom stereocenters. The fourth-order valence-electron chi connectivity index (χ4n) is 2.69. The lowest BCUT2D eigenvalue weighted by molar-refractivity contribution is -0.137. The van der Waals surface area contributed by atoms with Crippen molar-refractivity contribution < 1.29 is 22.3 Å². The van der Waals surface area contributed by atoms with Crippen LogP contribution in [-0.4, -0.2) is 17.6 Å². The van der Waals surface area contributed by atoms with Crippen molar-refractivity contribution in [3.8, 4) is 17.0 Å². The van der Waals surface area contributed by atoms with Crippen molar-refractivity contribution in [1.29, 1.82) is 0 Å². The lowest BCUT2D eigenvalue weighted by Gasteiger charge is -2.13. The highest BCUT2D eigenvalue weighted by Gasteiger charge is 2.32. The Balaban J connectivity index is 2.16. The molecule has 1 aromatic heterocycles. The number of hydrogen-bond donors (Lipinski definition) is 1. The molecule has 23 heavy (non-hydrogen) atoms. The van der Waals surface area contributed by atoms with Crippen LogP contribution in [0.4, 0.5) is 17.6 Å². The maximum Gasteiger partial charge on any atom is 0.416 e. The van der Waals surface area contributed by atoms with Crippen molar-refractivity contribution in [1.82, 2.24) is 4.98 Å². The molecule has 1 aromatic carbocycles. The van der Waals surface area contributed by atoms with Gasteiger partial charge in [0.15, 0.2) is 0 Å².